The topological polar surface area (TPSA) is 91.8 Å². The predicted molar refractivity (Wildman–Crippen MR) is 106 cm³/mol. The van der Waals surface area contributed by atoms with E-state index >= 15 is 0 Å². The first-order valence-corrected chi connectivity index (χ1v) is 10.5. The molecular formula is C17H24N4O4S2. The largest absolute Gasteiger partial charge is 0.497 e. The Balaban J connectivity index is 2.19. The molecule has 1 aromatic carbocycles. The van der Waals surface area contributed by atoms with Crippen molar-refractivity contribution in [3.63, 3.8) is 0 Å². The third-order valence-corrected chi connectivity index (χ3v) is 6.41. The number of anilines is 1. The Morgan fingerprint density at radius 1 is 1.22 bits per heavy atom. The fourth-order valence-corrected chi connectivity index (χ4v) is 4.31. The van der Waals surface area contributed by atoms with Crippen molar-refractivity contribution in [1.29, 1.82) is 0 Å². The van der Waals surface area contributed by atoms with E-state index in [0.717, 1.165) is 5.69 Å². The summed E-state index contributed by atoms with van der Waals surface area (Å²) in [4.78, 5) is 18.5. The van der Waals surface area contributed by atoms with Crippen molar-refractivity contribution in [2.24, 2.45) is 0 Å². The first-order valence-electron chi connectivity index (χ1n) is 8.23. The average Bonchev–Trinajstić information content (AvgIpc) is 3.02. The zero-order valence-corrected chi connectivity index (χ0v) is 17.4. The van der Waals surface area contributed by atoms with Gasteiger partial charge >= 0.3 is 0 Å². The molecule has 2 rings (SSSR count). The molecule has 0 aliphatic rings. The number of likely N-dealkylation sites (N-methyl/N-ethyl adjacent to an activating group) is 1. The first kappa shape index (κ1) is 21.3. The molecule has 0 aliphatic heterocycles. The molecule has 148 valence electrons. The second-order valence-corrected chi connectivity index (χ2v) is 8.96. The van der Waals surface area contributed by atoms with Crippen LogP contribution in [0.3, 0.4) is 0 Å². The van der Waals surface area contributed by atoms with E-state index in [-0.39, 0.29) is 18.0 Å². The van der Waals surface area contributed by atoms with Crippen molar-refractivity contribution in [3.05, 3.63) is 35.3 Å². The van der Waals surface area contributed by atoms with Crippen molar-refractivity contribution in [3.8, 4) is 5.75 Å². The minimum Gasteiger partial charge on any atom is -0.497 e. The number of hydrogen-bond donors (Lipinski definition) is 1. The SMILES string of the molecule is COc1ccc(S(=O)(=O)N(CCN(C)C)CC(=O)Nc2nc(C)cs2)cc1. The highest BCUT2D eigenvalue weighted by Gasteiger charge is 2.27. The van der Waals surface area contributed by atoms with Crippen LogP contribution in [0.1, 0.15) is 5.69 Å². The molecule has 1 N–H and O–H groups in total. The molecule has 0 saturated carbocycles. The van der Waals surface area contributed by atoms with Gasteiger partial charge in [0.25, 0.3) is 0 Å². The lowest BCUT2D eigenvalue weighted by atomic mass is 10.3. The highest BCUT2D eigenvalue weighted by atomic mass is 32.2. The molecule has 8 nitrogen and oxygen atoms in total. The molecule has 0 unspecified atom stereocenters. The van der Waals surface area contributed by atoms with Crippen molar-refractivity contribution in [1.82, 2.24) is 14.2 Å². The summed E-state index contributed by atoms with van der Waals surface area (Å²) in [6.07, 6.45) is 0. The Labute approximate surface area is 163 Å². The number of carbonyl (C=O) groups excluding carboxylic acids is 1. The molecule has 10 heteroatoms. The summed E-state index contributed by atoms with van der Waals surface area (Å²) in [7, 11) is 1.37. The number of aromatic nitrogens is 1. The lowest BCUT2D eigenvalue weighted by molar-refractivity contribution is -0.116. The Morgan fingerprint density at radius 3 is 2.41 bits per heavy atom. The molecule has 1 amide bonds. The normalized spacial score (nSPS) is 11.8. The van der Waals surface area contributed by atoms with Crippen LogP contribution in [0.25, 0.3) is 0 Å². The number of benzene rings is 1. The van der Waals surface area contributed by atoms with Gasteiger partial charge in [-0.15, -0.1) is 11.3 Å². The zero-order valence-electron chi connectivity index (χ0n) is 15.8. The molecule has 0 spiro atoms. The molecule has 1 aromatic heterocycles. The number of aryl methyl sites for hydroxylation is 1. The number of amides is 1. The van der Waals surface area contributed by atoms with Gasteiger partial charge in [-0.2, -0.15) is 4.31 Å². The van der Waals surface area contributed by atoms with Gasteiger partial charge in [0, 0.05) is 18.5 Å². The van der Waals surface area contributed by atoms with E-state index in [1.54, 1.807) is 12.1 Å². The Kier molecular flexibility index (Phi) is 7.31. The molecule has 0 aliphatic carbocycles. The number of carbonyl (C=O) groups is 1. The smallest absolute Gasteiger partial charge is 0.243 e. The standard InChI is InChI=1S/C17H24N4O4S2/c1-13-12-26-17(18-13)19-16(22)11-21(10-9-20(2)3)27(23,24)15-7-5-14(25-4)6-8-15/h5-8,12H,9-11H2,1-4H3,(H,18,19,22). The van der Waals surface area contributed by atoms with Gasteiger partial charge in [0.15, 0.2) is 5.13 Å². The molecule has 2 aromatic rings. The summed E-state index contributed by atoms with van der Waals surface area (Å²) in [6.45, 7) is 2.20. The van der Waals surface area contributed by atoms with E-state index in [1.807, 2.05) is 31.3 Å². The van der Waals surface area contributed by atoms with Gasteiger partial charge in [-0.05, 0) is 45.3 Å². The van der Waals surface area contributed by atoms with Crippen LogP contribution in [-0.2, 0) is 14.8 Å². The van der Waals surface area contributed by atoms with Gasteiger partial charge < -0.3 is 15.0 Å². The number of sulfonamides is 1. The summed E-state index contributed by atoms with van der Waals surface area (Å²) in [5, 5.41) is 4.92. The minimum absolute atomic E-state index is 0.111. The predicted octanol–water partition coefficient (Wildman–Crippen LogP) is 1.65. The molecular weight excluding hydrogens is 388 g/mol. The van der Waals surface area contributed by atoms with Crippen LogP contribution in [0.15, 0.2) is 34.5 Å². The number of ether oxygens (including phenoxy) is 1. The minimum atomic E-state index is -3.83. The second-order valence-electron chi connectivity index (χ2n) is 6.16. The second kappa shape index (κ2) is 9.27. The Morgan fingerprint density at radius 2 is 1.89 bits per heavy atom. The highest BCUT2D eigenvalue weighted by molar-refractivity contribution is 7.89. The number of nitrogens with zero attached hydrogens (tertiary/aromatic N) is 3. The first-order chi connectivity index (χ1) is 12.7. The van der Waals surface area contributed by atoms with Crippen LogP contribution < -0.4 is 10.1 Å². The number of hydrogen-bond acceptors (Lipinski definition) is 7. The van der Waals surface area contributed by atoms with Gasteiger partial charge in [0.2, 0.25) is 15.9 Å². The lowest BCUT2D eigenvalue weighted by Crippen LogP contribution is -2.41. The van der Waals surface area contributed by atoms with Crippen molar-refractivity contribution in [2.75, 3.05) is 46.2 Å². The van der Waals surface area contributed by atoms with Crippen LogP contribution in [-0.4, -0.2) is 69.4 Å². The molecule has 0 saturated heterocycles. The number of nitrogens with one attached hydrogen (secondary N) is 1. The number of rotatable bonds is 9. The van der Waals surface area contributed by atoms with E-state index in [1.165, 1.54) is 34.9 Å². The third kappa shape index (κ3) is 5.99. The summed E-state index contributed by atoms with van der Waals surface area (Å²) < 4.78 is 32.3. The third-order valence-electron chi connectivity index (χ3n) is 3.68. The molecule has 1 heterocycles. The molecule has 0 bridgehead atoms. The fraction of sp³-hybridized carbons (Fsp3) is 0.412. The van der Waals surface area contributed by atoms with E-state index in [0.29, 0.717) is 17.4 Å². The summed E-state index contributed by atoms with van der Waals surface area (Å²) in [6, 6.07) is 6.10. The highest BCUT2D eigenvalue weighted by Crippen LogP contribution is 2.20. The van der Waals surface area contributed by atoms with Gasteiger partial charge in [-0.1, -0.05) is 0 Å². The van der Waals surface area contributed by atoms with Gasteiger partial charge in [0.1, 0.15) is 5.75 Å². The fourth-order valence-electron chi connectivity index (χ4n) is 2.22. The number of methoxy groups -OCH3 is 1. The van der Waals surface area contributed by atoms with E-state index < -0.39 is 15.9 Å². The lowest BCUT2D eigenvalue weighted by Gasteiger charge is -2.23. The monoisotopic (exact) mass is 412 g/mol. The molecule has 27 heavy (non-hydrogen) atoms. The molecule has 0 atom stereocenters. The summed E-state index contributed by atoms with van der Waals surface area (Å²) in [5.74, 6) is 0.130. The maximum atomic E-state index is 13.0. The average molecular weight is 413 g/mol. The van der Waals surface area contributed by atoms with Crippen LogP contribution in [0, 0.1) is 6.92 Å². The Hall–Kier alpha value is -2.01. The summed E-state index contributed by atoms with van der Waals surface area (Å²) >= 11 is 1.30. The maximum Gasteiger partial charge on any atom is 0.243 e. The molecule has 0 fully saturated rings. The van der Waals surface area contributed by atoms with Gasteiger partial charge in [0.05, 0.1) is 24.2 Å². The quantitative estimate of drug-likeness (QED) is 0.673. The van der Waals surface area contributed by atoms with Crippen molar-refractivity contribution < 1.29 is 17.9 Å². The summed E-state index contributed by atoms with van der Waals surface area (Å²) in [5.41, 5.74) is 0.797. The van der Waals surface area contributed by atoms with E-state index in [4.69, 9.17) is 4.74 Å². The van der Waals surface area contributed by atoms with Crippen LogP contribution >= 0.6 is 11.3 Å². The zero-order chi connectivity index (χ0) is 20.0. The number of thiazole rings is 1. The Bertz CT molecular complexity index is 863. The van der Waals surface area contributed by atoms with Crippen molar-refractivity contribution in [2.45, 2.75) is 11.8 Å². The molecule has 0 radical (unpaired) electrons. The van der Waals surface area contributed by atoms with Crippen LogP contribution in [0.4, 0.5) is 5.13 Å². The van der Waals surface area contributed by atoms with E-state index in [9.17, 15) is 13.2 Å². The van der Waals surface area contributed by atoms with Gasteiger partial charge in [-0.3, -0.25) is 4.79 Å². The van der Waals surface area contributed by atoms with Crippen LogP contribution in [0.2, 0.25) is 0 Å². The van der Waals surface area contributed by atoms with Crippen LogP contribution in [0.5, 0.6) is 5.75 Å². The van der Waals surface area contributed by atoms with E-state index in [2.05, 4.69) is 10.3 Å². The van der Waals surface area contributed by atoms with Gasteiger partial charge in [-0.25, -0.2) is 13.4 Å². The maximum absolute atomic E-state index is 13.0. The van der Waals surface area contributed by atoms with Crippen molar-refractivity contribution >= 4 is 32.4 Å².